The van der Waals surface area contributed by atoms with Crippen molar-refractivity contribution in [3.05, 3.63) is 18.5 Å². The zero-order valence-electron chi connectivity index (χ0n) is 12.8. The molecule has 0 aliphatic heterocycles. The standard InChI is InChI=1S/C13H17N6O4P/c1-7(14)23-5-8-2-3-9(4-8)19-6-16-10-11(19)17-13(15)18-12(10)24(20,21)22/h2-3,6,8-9,14H,4-5H2,1H3,(H2,15,17,18)(H2,20,21,22). The summed E-state index contributed by atoms with van der Waals surface area (Å²) >= 11 is 0. The van der Waals surface area contributed by atoms with E-state index in [-0.39, 0.29) is 35.0 Å². The molecule has 2 unspecified atom stereocenters. The van der Waals surface area contributed by atoms with Gasteiger partial charge in [0.15, 0.2) is 17.0 Å². The Hall–Kier alpha value is -2.29. The van der Waals surface area contributed by atoms with E-state index in [0.717, 1.165) is 0 Å². The second-order valence-corrected chi connectivity index (χ2v) is 7.10. The van der Waals surface area contributed by atoms with Gasteiger partial charge in [0, 0.05) is 12.8 Å². The minimum absolute atomic E-state index is 0.0426. The lowest BCUT2D eigenvalue weighted by Crippen LogP contribution is -2.16. The Balaban J connectivity index is 1.92. The van der Waals surface area contributed by atoms with E-state index >= 15 is 0 Å². The second kappa shape index (κ2) is 5.97. The summed E-state index contributed by atoms with van der Waals surface area (Å²) in [5.41, 5.74) is 5.44. The van der Waals surface area contributed by atoms with Crippen LogP contribution >= 0.6 is 7.60 Å². The first-order valence-electron chi connectivity index (χ1n) is 7.18. The lowest BCUT2D eigenvalue weighted by Gasteiger charge is -2.14. The molecule has 0 saturated heterocycles. The lowest BCUT2D eigenvalue weighted by atomic mass is 10.1. The topological polar surface area (TPSA) is 160 Å². The first kappa shape index (κ1) is 16.6. The number of ether oxygens (including phenoxy) is 1. The van der Waals surface area contributed by atoms with Gasteiger partial charge in [-0.3, -0.25) is 9.97 Å². The van der Waals surface area contributed by atoms with Crippen molar-refractivity contribution in [3.63, 3.8) is 0 Å². The molecular weight excluding hydrogens is 335 g/mol. The Labute approximate surface area is 137 Å². The van der Waals surface area contributed by atoms with Crippen molar-refractivity contribution in [1.82, 2.24) is 19.5 Å². The predicted octanol–water partition coefficient (Wildman–Crippen LogP) is 0.342. The van der Waals surface area contributed by atoms with Gasteiger partial charge in [-0.25, -0.2) is 9.97 Å². The Morgan fingerprint density at radius 3 is 2.92 bits per heavy atom. The molecule has 1 aliphatic rings. The van der Waals surface area contributed by atoms with Crippen LogP contribution in [0.5, 0.6) is 0 Å². The normalized spacial score (nSPS) is 20.6. The molecule has 2 aromatic rings. The molecule has 3 rings (SSSR count). The van der Waals surface area contributed by atoms with Gasteiger partial charge in [-0.2, -0.15) is 4.98 Å². The quantitative estimate of drug-likeness (QED) is 0.265. The summed E-state index contributed by atoms with van der Waals surface area (Å²) in [6.07, 6.45) is 6.10. The molecule has 2 aromatic heterocycles. The molecule has 0 radical (unpaired) electrons. The van der Waals surface area contributed by atoms with E-state index in [4.69, 9.17) is 15.9 Å². The fourth-order valence-electron chi connectivity index (χ4n) is 2.68. The Bertz CT molecular complexity index is 873. The number of rotatable bonds is 4. The SMILES string of the molecule is CC(=N)OCC1C=CC(n2cnc3c(P(=O)(O)O)nc(N)nc32)C1. The molecule has 2 atom stereocenters. The predicted molar refractivity (Wildman–Crippen MR) is 87.1 cm³/mol. The van der Waals surface area contributed by atoms with E-state index in [0.29, 0.717) is 13.0 Å². The number of fused-ring (bicyclic) bond motifs is 1. The van der Waals surface area contributed by atoms with Crippen molar-refractivity contribution in [3.8, 4) is 0 Å². The summed E-state index contributed by atoms with van der Waals surface area (Å²) < 4.78 is 18.5. The molecule has 0 amide bonds. The number of hydrogen-bond acceptors (Lipinski definition) is 7. The van der Waals surface area contributed by atoms with Crippen LogP contribution in [0.15, 0.2) is 18.5 Å². The Morgan fingerprint density at radius 2 is 2.25 bits per heavy atom. The first-order valence-corrected chi connectivity index (χ1v) is 8.79. The van der Waals surface area contributed by atoms with Crippen LogP contribution in [0.4, 0.5) is 5.95 Å². The first-order chi connectivity index (χ1) is 11.3. The van der Waals surface area contributed by atoms with Gasteiger partial charge >= 0.3 is 7.60 Å². The zero-order valence-corrected chi connectivity index (χ0v) is 13.7. The lowest BCUT2D eigenvalue weighted by molar-refractivity contribution is 0.251. The van der Waals surface area contributed by atoms with E-state index in [1.54, 1.807) is 11.5 Å². The third-order valence-electron chi connectivity index (χ3n) is 3.72. The van der Waals surface area contributed by atoms with Crippen molar-refractivity contribution in [2.45, 2.75) is 19.4 Å². The van der Waals surface area contributed by atoms with Crippen LogP contribution in [0.25, 0.3) is 11.2 Å². The summed E-state index contributed by atoms with van der Waals surface area (Å²) in [6.45, 7) is 1.97. The highest BCUT2D eigenvalue weighted by molar-refractivity contribution is 7.60. The van der Waals surface area contributed by atoms with Gasteiger partial charge in [0.25, 0.3) is 0 Å². The summed E-state index contributed by atoms with van der Waals surface area (Å²) in [4.78, 5) is 30.6. The highest BCUT2D eigenvalue weighted by atomic mass is 31.2. The van der Waals surface area contributed by atoms with Gasteiger partial charge in [-0.1, -0.05) is 12.2 Å². The molecule has 0 fully saturated rings. The van der Waals surface area contributed by atoms with E-state index < -0.39 is 13.0 Å². The summed E-state index contributed by atoms with van der Waals surface area (Å²) in [6, 6.07) is -0.0893. The van der Waals surface area contributed by atoms with Crippen LogP contribution in [0.1, 0.15) is 19.4 Å². The molecule has 10 nitrogen and oxygen atoms in total. The minimum atomic E-state index is -4.61. The zero-order chi connectivity index (χ0) is 17.5. The molecule has 11 heteroatoms. The number of nitrogens with zero attached hydrogens (tertiary/aromatic N) is 4. The number of aromatic nitrogens is 4. The molecule has 128 valence electrons. The van der Waals surface area contributed by atoms with Crippen molar-refractivity contribution >= 4 is 36.0 Å². The molecule has 0 aromatic carbocycles. The molecule has 2 heterocycles. The molecule has 0 saturated carbocycles. The average molecular weight is 352 g/mol. The summed E-state index contributed by atoms with van der Waals surface area (Å²) in [5, 5.41) is 7.30. The van der Waals surface area contributed by atoms with Crippen LogP contribution < -0.4 is 11.2 Å². The molecule has 0 bridgehead atoms. The molecule has 24 heavy (non-hydrogen) atoms. The van der Waals surface area contributed by atoms with Crippen LogP contribution in [0.2, 0.25) is 0 Å². The maximum atomic E-state index is 11.6. The maximum Gasteiger partial charge on any atom is 0.376 e. The molecule has 0 spiro atoms. The van der Waals surface area contributed by atoms with Crippen LogP contribution in [-0.4, -0.2) is 41.8 Å². The number of nitrogen functional groups attached to an aromatic ring is 1. The fourth-order valence-corrected chi connectivity index (χ4v) is 3.34. The number of anilines is 1. The summed E-state index contributed by atoms with van der Waals surface area (Å²) in [5.74, 6) is 0.0729. The second-order valence-electron chi connectivity index (χ2n) is 5.59. The van der Waals surface area contributed by atoms with E-state index in [1.165, 1.54) is 6.33 Å². The largest absolute Gasteiger partial charge is 0.481 e. The number of nitrogens with two attached hydrogens (primary N) is 1. The van der Waals surface area contributed by atoms with E-state index in [1.807, 2.05) is 12.2 Å². The molecule has 5 N–H and O–H groups in total. The Kier molecular flexibility index (Phi) is 4.12. The van der Waals surface area contributed by atoms with Crippen molar-refractivity contribution in [2.24, 2.45) is 5.92 Å². The number of allylic oxidation sites excluding steroid dienone is 1. The highest BCUT2D eigenvalue weighted by Crippen LogP contribution is 2.36. The maximum absolute atomic E-state index is 11.6. The van der Waals surface area contributed by atoms with E-state index in [2.05, 4.69) is 15.0 Å². The van der Waals surface area contributed by atoms with Crippen LogP contribution in [-0.2, 0) is 9.30 Å². The fraction of sp³-hybridized carbons (Fsp3) is 0.385. The van der Waals surface area contributed by atoms with Crippen LogP contribution in [0, 0.1) is 11.3 Å². The van der Waals surface area contributed by atoms with Gasteiger partial charge < -0.3 is 24.8 Å². The minimum Gasteiger partial charge on any atom is -0.481 e. The van der Waals surface area contributed by atoms with Crippen molar-refractivity contribution in [1.29, 1.82) is 5.41 Å². The van der Waals surface area contributed by atoms with Crippen LogP contribution in [0.3, 0.4) is 0 Å². The highest BCUT2D eigenvalue weighted by Gasteiger charge is 2.29. The monoisotopic (exact) mass is 352 g/mol. The molecule has 1 aliphatic carbocycles. The average Bonchev–Trinajstić information content (AvgIpc) is 3.09. The van der Waals surface area contributed by atoms with Gasteiger partial charge in [0.05, 0.1) is 19.0 Å². The number of nitrogens with one attached hydrogen (secondary N) is 1. The Morgan fingerprint density at radius 1 is 1.50 bits per heavy atom. The smallest absolute Gasteiger partial charge is 0.376 e. The third-order valence-corrected chi connectivity index (χ3v) is 4.58. The van der Waals surface area contributed by atoms with Gasteiger partial charge in [0.2, 0.25) is 5.95 Å². The summed E-state index contributed by atoms with van der Waals surface area (Å²) in [7, 11) is -4.61. The molecular formula is C13H17N6O4P. The number of hydrogen-bond donors (Lipinski definition) is 4. The third kappa shape index (κ3) is 3.16. The van der Waals surface area contributed by atoms with Gasteiger partial charge in [0.1, 0.15) is 5.52 Å². The van der Waals surface area contributed by atoms with Crippen molar-refractivity contribution < 1.29 is 19.1 Å². The number of imidazole rings is 1. The van der Waals surface area contributed by atoms with Gasteiger partial charge in [-0.05, 0) is 6.42 Å². The van der Waals surface area contributed by atoms with Gasteiger partial charge in [-0.15, -0.1) is 0 Å². The van der Waals surface area contributed by atoms with E-state index in [9.17, 15) is 14.4 Å². The van der Waals surface area contributed by atoms with Crippen molar-refractivity contribution in [2.75, 3.05) is 12.3 Å².